The van der Waals surface area contributed by atoms with Gasteiger partial charge in [-0.2, -0.15) is 0 Å². The number of hydrogen-bond acceptors (Lipinski definition) is 6. The highest BCUT2D eigenvalue weighted by Crippen LogP contribution is 2.28. The van der Waals surface area contributed by atoms with Crippen molar-refractivity contribution < 1.29 is 28.5 Å². The summed E-state index contributed by atoms with van der Waals surface area (Å²) >= 11 is 0. The zero-order valence-corrected chi connectivity index (χ0v) is 22.9. The number of guanidine groups is 1. The number of nitrogens with zero attached hydrogens (tertiary/aromatic N) is 3. The molecule has 1 fully saturated rings. The maximum absolute atomic E-state index is 13.3. The molecule has 2 amide bonds. The number of carbonyl (C=O) groups is 2. The van der Waals surface area contributed by atoms with Crippen molar-refractivity contribution in [2.45, 2.75) is 26.6 Å². The van der Waals surface area contributed by atoms with Gasteiger partial charge in [0.25, 0.3) is 0 Å². The molecule has 0 atom stereocenters. The van der Waals surface area contributed by atoms with Gasteiger partial charge in [0.05, 0.1) is 20.8 Å². The third kappa shape index (κ3) is 7.19. The van der Waals surface area contributed by atoms with Gasteiger partial charge in [-0.05, 0) is 42.2 Å². The first kappa shape index (κ1) is 28.2. The van der Waals surface area contributed by atoms with Gasteiger partial charge in [-0.25, -0.2) is 14.5 Å². The Morgan fingerprint density at radius 1 is 0.825 bits per heavy atom. The van der Waals surface area contributed by atoms with E-state index >= 15 is 0 Å². The van der Waals surface area contributed by atoms with Crippen molar-refractivity contribution in [2.75, 3.05) is 27.3 Å². The first-order chi connectivity index (χ1) is 19.5. The molecule has 208 valence electrons. The van der Waals surface area contributed by atoms with Crippen molar-refractivity contribution in [1.82, 2.24) is 9.80 Å². The van der Waals surface area contributed by atoms with Crippen molar-refractivity contribution in [3.8, 4) is 11.5 Å². The average molecular weight is 544 g/mol. The molecule has 4 rings (SSSR count). The Morgan fingerprint density at radius 2 is 1.45 bits per heavy atom. The summed E-state index contributed by atoms with van der Waals surface area (Å²) in [5.74, 6) is 1.42. The molecule has 9 nitrogen and oxygen atoms in total. The predicted molar refractivity (Wildman–Crippen MR) is 151 cm³/mol. The summed E-state index contributed by atoms with van der Waals surface area (Å²) in [6.45, 7) is 2.83. The first-order valence-corrected chi connectivity index (χ1v) is 12.9. The summed E-state index contributed by atoms with van der Waals surface area (Å²) < 4.78 is 21.8. The number of carbonyl (C=O) groups excluding carboxylic acids is 2. The van der Waals surface area contributed by atoms with Gasteiger partial charge < -0.3 is 23.8 Å². The summed E-state index contributed by atoms with van der Waals surface area (Å²) in [6, 6.07) is 24.4. The normalized spacial score (nSPS) is 14.9. The molecule has 0 aliphatic carbocycles. The van der Waals surface area contributed by atoms with Gasteiger partial charge >= 0.3 is 12.2 Å². The molecule has 0 bridgehead atoms. The van der Waals surface area contributed by atoms with E-state index in [2.05, 4.69) is 4.99 Å². The lowest BCUT2D eigenvalue weighted by atomic mass is 10.1. The fourth-order valence-corrected chi connectivity index (χ4v) is 4.24. The van der Waals surface area contributed by atoms with E-state index in [-0.39, 0.29) is 19.2 Å². The van der Waals surface area contributed by atoms with Crippen LogP contribution in [-0.4, -0.2) is 55.3 Å². The molecule has 3 aromatic rings. The minimum Gasteiger partial charge on any atom is -0.493 e. The van der Waals surface area contributed by atoms with Gasteiger partial charge in [0.2, 0.25) is 5.96 Å². The van der Waals surface area contributed by atoms with Crippen molar-refractivity contribution in [1.29, 1.82) is 0 Å². The van der Waals surface area contributed by atoms with E-state index in [0.29, 0.717) is 36.7 Å². The summed E-state index contributed by atoms with van der Waals surface area (Å²) in [5.41, 5.74) is 3.33. The van der Waals surface area contributed by atoms with Crippen molar-refractivity contribution >= 4 is 18.1 Å². The fourth-order valence-electron chi connectivity index (χ4n) is 4.24. The van der Waals surface area contributed by atoms with Crippen molar-refractivity contribution in [2.24, 2.45) is 4.99 Å². The van der Waals surface area contributed by atoms with Gasteiger partial charge in [-0.15, -0.1) is 4.99 Å². The predicted octanol–water partition coefficient (Wildman–Crippen LogP) is 5.80. The summed E-state index contributed by atoms with van der Waals surface area (Å²) in [4.78, 5) is 33.5. The number of ether oxygens (including phenoxy) is 4. The van der Waals surface area contributed by atoms with Crippen LogP contribution in [0.4, 0.5) is 9.59 Å². The average Bonchev–Trinajstić information content (AvgIpc) is 3.35. The van der Waals surface area contributed by atoms with Crippen LogP contribution in [0, 0.1) is 0 Å². The molecule has 3 aromatic carbocycles. The molecule has 9 heteroatoms. The SMILES string of the molecule is C/C=C1/CN(CCc2ccc(OC)c(OC)c2)C(=NC(=O)OCc2ccccc2)N1C(=O)OCc1ccccc1. The number of hydrogen-bond donors (Lipinski definition) is 0. The van der Waals surface area contributed by atoms with Crippen LogP contribution in [0.3, 0.4) is 0 Å². The molecule has 0 unspecified atom stereocenters. The van der Waals surface area contributed by atoms with Gasteiger partial charge in [-0.3, -0.25) is 0 Å². The Kier molecular flexibility index (Phi) is 9.77. The van der Waals surface area contributed by atoms with Gasteiger partial charge in [0.1, 0.15) is 13.2 Å². The molecule has 0 aromatic heterocycles. The van der Waals surface area contributed by atoms with Crippen molar-refractivity contribution in [3.05, 3.63) is 107 Å². The number of methoxy groups -OCH3 is 2. The maximum atomic E-state index is 13.3. The second kappa shape index (κ2) is 13.8. The van der Waals surface area contributed by atoms with E-state index in [4.69, 9.17) is 18.9 Å². The smallest absolute Gasteiger partial charge is 0.437 e. The maximum Gasteiger partial charge on any atom is 0.437 e. The third-order valence-electron chi connectivity index (χ3n) is 6.36. The molecule has 1 heterocycles. The minimum absolute atomic E-state index is 0.0665. The Bertz CT molecular complexity index is 1360. The molecule has 1 aliphatic rings. The Morgan fingerprint density at radius 3 is 2.05 bits per heavy atom. The standard InChI is InChI=1S/C31H33N3O6/c1-4-26-20-33(18-17-23-15-16-27(37-2)28(19-23)38-3)29(32-30(35)39-21-24-11-7-5-8-12-24)34(26)31(36)40-22-25-13-9-6-10-14-25/h4-16,19H,17-18,20-22H2,1-3H3/b26-4-,32-29?. The van der Waals surface area contributed by atoms with E-state index in [1.54, 1.807) is 14.2 Å². The van der Waals surface area contributed by atoms with E-state index in [0.717, 1.165) is 16.7 Å². The topological polar surface area (TPSA) is 89.9 Å². The van der Waals surface area contributed by atoms with Gasteiger partial charge in [-0.1, -0.05) is 72.8 Å². The summed E-state index contributed by atoms with van der Waals surface area (Å²) in [6.07, 6.45) is 0.987. The van der Waals surface area contributed by atoms with Crippen LogP contribution in [0.15, 0.2) is 95.6 Å². The lowest BCUT2D eigenvalue weighted by Gasteiger charge is -2.21. The highest BCUT2D eigenvalue weighted by molar-refractivity contribution is 6.02. The molecule has 40 heavy (non-hydrogen) atoms. The molecule has 0 spiro atoms. The van der Waals surface area contributed by atoms with Crippen molar-refractivity contribution in [3.63, 3.8) is 0 Å². The lowest BCUT2D eigenvalue weighted by molar-refractivity contribution is 0.123. The zero-order chi connectivity index (χ0) is 28.3. The van der Waals surface area contributed by atoms with E-state index in [1.807, 2.05) is 96.8 Å². The Balaban J connectivity index is 1.54. The molecular formula is C31H33N3O6. The fraction of sp³-hybridized carbons (Fsp3) is 0.258. The second-order valence-corrected chi connectivity index (χ2v) is 8.97. The van der Waals surface area contributed by atoms with E-state index in [1.165, 1.54) is 4.90 Å². The first-order valence-electron chi connectivity index (χ1n) is 12.9. The molecule has 1 aliphatic heterocycles. The molecular weight excluding hydrogens is 510 g/mol. The van der Waals surface area contributed by atoms with Crippen LogP contribution in [0.2, 0.25) is 0 Å². The number of rotatable bonds is 9. The van der Waals surface area contributed by atoms with Crippen LogP contribution < -0.4 is 9.47 Å². The Labute approximate surface area is 234 Å². The molecule has 0 N–H and O–H groups in total. The van der Waals surface area contributed by atoms with E-state index < -0.39 is 12.2 Å². The lowest BCUT2D eigenvalue weighted by Crippen LogP contribution is -2.39. The third-order valence-corrected chi connectivity index (χ3v) is 6.36. The minimum atomic E-state index is -0.798. The van der Waals surface area contributed by atoms with Gasteiger partial charge in [0.15, 0.2) is 11.5 Å². The number of aliphatic imine (C=N–C) groups is 1. The highest BCUT2D eigenvalue weighted by Gasteiger charge is 2.37. The summed E-state index contributed by atoms with van der Waals surface area (Å²) in [7, 11) is 3.18. The van der Waals surface area contributed by atoms with Crippen LogP contribution in [0.1, 0.15) is 23.6 Å². The monoisotopic (exact) mass is 543 g/mol. The molecule has 0 saturated carbocycles. The Hall–Kier alpha value is -4.79. The van der Waals surface area contributed by atoms with Crippen LogP contribution >= 0.6 is 0 Å². The zero-order valence-electron chi connectivity index (χ0n) is 22.9. The number of allylic oxidation sites excluding steroid dienone is 1. The number of amides is 2. The largest absolute Gasteiger partial charge is 0.493 e. The summed E-state index contributed by atoms with van der Waals surface area (Å²) in [5, 5.41) is 0. The highest BCUT2D eigenvalue weighted by atomic mass is 16.6. The second-order valence-electron chi connectivity index (χ2n) is 8.97. The van der Waals surface area contributed by atoms with E-state index in [9.17, 15) is 9.59 Å². The van der Waals surface area contributed by atoms with Crippen LogP contribution in [0.5, 0.6) is 11.5 Å². The van der Waals surface area contributed by atoms with Crippen LogP contribution in [0.25, 0.3) is 0 Å². The molecule has 1 saturated heterocycles. The quantitative estimate of drug-likeness (QED) is 0.337. The number of benzene rings is 3. The van der Waals surface area contributed by atoms with Crippen LogP contribution in [-0.2, 0) is 29.1 Å². The van der Waals surface area contributed by atoms with Gasteiger partial charge in [0, 0.05) is 12.2 Å². The molecule has 0 radical (unpaired) electrons.